The fourth-order valence-electron chi connectivity index (χ4n) is 3.49. The van der Waals surface area contributed by atoms with E-state index in [0.717, 1.165) is 18.8 Å². The van der Waals surface area contributed by atoms with Crippen LogP contribution in [0.3, 0.4) is 0 Å². The van der Waals surface area contributed by atoms with E-state index >= 15 is 0 Å². The van der Waals surface area contributed by atoms with Crippen LogP contribution in [0.15, 0.2) is 24.3 Å². The summed E-state index contributed by atoms with van der Waals surface area (Å²) in [6.45, 7) is 7.10. The Morgan fingerprint density at radius 1 is 1.19 bits per heavy atom. The molecule has 0 amide bonds. The number of ether oxygens (including phenoxy) is 1. The predicted octanol–water partition coefficient (Wildman–Crippen LogP) is 4.05. The molecular weight excluding hydrogens is 260 g/mol. The number of rotatable bonds is 8. The average Bonchev–Trinajstić information content (AvgIpc) is 2.47. The lowest BCUT2D eigenvalue weighted by Crippen LogP contribution is -2.48. The molecule has 3 heteroatoms. The molecule has 0 spiro atoms. The summed E-state index contributed by atoms with van der Waals surface area (Å²) in [4.78, 5) is 0. The smallest absolute Gasteiger partial charge is 0.0883 e. The van der Waals surface area contributed by atoms with Gasteiger partial charge in [0.1, 0.15) is 0 Å². The Balaban J connectivity index is 2.22. The Morgan fingerprint density at radius 3 is 2.19 bits per heavy atom. The van der Waals surface area contributed by atoms with Gasteiger partial charge in [-0.25, -0.2) is 0 Å². The third-order valence-electron chi connectivity index (χ3n) is 5.17. The summed E-state index contributed by atoms with van der Waals surface area (Å²) in [6, 6.07) is 9.01. The molecule has 1 aromatic carbocycles. The third-order valence-corrected chi connectivity index (χ3v) is 5.17. The maximum absolute atomic E-state index is 6.10. The molecule has 0 heterocycles. The summed E-state index contributed by atoms with van der Waals surface area (Å²) in [5.41, 5.74) is 5.45. The second kappa shape index (κ2) is 7.39. The number of benzene rings is 1. The monoisotopic (exact) mass is 290 g/mol. The maximum Gasteiger partial charge on any atom is 0.0883 e. The largest absolute Gasteiger partial charge is 0.373 e. The summed E-state index contributed by atoms with van der Waals surface area (Å²) >= 11 is 0. The molecule has 0 saturated heterocycles. The van der Waals surface area contributed by atoms with Crippen LogP contribution in [0.1, 0.15) is 76.0 Å². The minimum Gasteiger partial charge on any atom is -0.373 e. The summed E-state index contributed by atoms with van der Waals surface area (Å²) in [6.07, 6.45) is 5.93. The van der Waals surface area contributed by atoms with Crippen LogP contribution in [0.4, 0.5) is 0 Å². The number of hydrazine groups is 1. The van der Waals surface area contributed by atoms with Gasteiger partial charge in [0.25, 0.3) is 0 Å². The highest BCUT2D eigenvalue weighted by molar-refractivity contribution is 5.30. The number of hydrogen-bond acceptors (Lipinski definition) is 3. The van der Waals surface area contributed by atoms with Gasteiger partial charge in [0.2, 0.25) is 0 Å². The summed E-state index contributed by atoms with van der Waals surface area (Å²) in [5.74, 6) is 6.65. The van der Waals surface area contributed by atoms with E-state index in [1.807, 2.05) is 6.92 Å². The van der Waals surface area contributed by atoms with Crippen LogP contribution in [0.25, 0.3) is 0 Å². The molecule has 1 aliphatic rings. The van der Waals surface area contributed by atoms with Crippen LogP contribution in [-0.4, -0.2) is 12.2 Å². The van der Waals surface area contributed by atoms with Crippen molar-refractivity contribution in [3.8, 4) is 0 Å². The fourth-order valence-corrected chi connectivity index (χ4v) is 3.49. The van der Waals surface area contributed by atoms with Crippen molar-refractivity contribution in [2.45, 2.75) is 70.4 Å². The maximum atomic E-state index is 6.10. The Kier molecular flexibility index (Phi) is 5.80. The molecule has 1 fully saturated rings. The van der Waals surface area contributed by atoms with E-state index in [1.165, 1.54) is 30.4 Å². The van der Waals surface area contributed by atoms with Gasteiger partial charge in [-0.2, -0.15) is 0 Å². The van der Waals surface area contributed by atoms with E-state index in [9.17, 15) is 0 Å². The molecule has 1 saturated carbocycles. The van der Waals surface area contributed by atoms with E-state index < -0.39 is 0 Å². The molecule has 0 bridgehead atoms. The highest BCUT2D eigenvalue weighted by atomic mass is 16.5. The standard InChI is InChI=1S/C18H30N2O/c1-4-18(5-2,21-6-3)17(20-19)16-12-10-15(11-13-16)14-8-7-9-14/h10-14,17,20H,4-9,19H2,1-3H3. The van der Waals surface area contributed by atoms with E-state index in [4.69, 9.17) is 10.6 Å². The lowest BCUT2D eigenvalue weighted by atomic mass is 9.78. The quantitative estimate of drug-likeness (QED) is 0.561. The fraction of sp³-hybridized carbons (Fsp3) is 0.667. The van der Waals surface area contributed by atoms with Crippen LogP contribution in [0.2, 0.25) is 0 Å². The summed E-state index contributed by atoms with van der Waals surface area (Å²) in [7, 11) is 0. The van der Waals surface area contributed by atoms with Crippen molar-refractivity contribution in [3.63, 3.8) is 0 Å². The molecule has 0 radical (unpaired) electrons. The molecule has 1 atom stereocenters. The molecule has 1 unspecified atom stereocenters. The van der Waals surface area contributed by atoms with Crippen LogP contribution < -0.4 is 11.3 Å². The van der Waals surface area contributed by atoms with E-state index in [0.29, 0.717) is 6.61 Å². The molecule has 3 N–H and O–H groups in total. The Labute approximate surface area is 129 Å². The molecular formula is C18H30N2O. The van der Waals surface area contributed by atoms with Gasteiger partial charge in [-0.05, 0) is 49.7 Å². The van der Waals surface area contributed by atoms with Gasteiger partial charge in [0.05, 0.1) is 11.6 Å². The highest BCUT2D eigenvalue weighted by Crippen LogP contribution is 2.38. The molecule has 2 rings (SSSR count). The Morgan fingerprint density at radius 2 is 1.81 bits per heavy atom. The van der Waals surface area contributed by atoms with Crippen molar-refractivity contribution in [1.29, 1.82) is 0 Å². The summed E-state index contributed by atoms with van der Waals surface area (Å²) in [5, 5.41) is 0. The van der Waals surface area contributed by atoms with Gasteiger partial charge in [-0.15, -0.1) is 0 Å². The first-order valence-electron chi connectivity index (χ1n) is 8.40. The molecule has 21 heavy (non-hydrogen) atoms. The van der Waals surface area contributed by atoms with Gasteiger partial charge >= 0.3 is 0 Å². The van der Waals surface area contributed by atoms with Crippen molar-refractivity contribution in [1.82, 2.24) is 5.43 Å². The first kappa shape index (κ1) is 16.5. The van der Waals surface area contributed by atoms with Crippen molar-refractivity contribution in [2.75, 3.05) is 6.61 Å². The second-order valence-electron chi connectivity index (χ2n) is 6.10. The van der Waals surface area contributed by atoms with E-state index in [1.54, 1.807) is 0 Å². The zero-order chi connectivity index (χ0) is 15.3. The zero-order valence-electron chi connectivity index (χ0n) is 13.7. The highest BCUT2D eigenvalue weighted by Gasteiger charge is 2.37. The van der Waals surface area contributed by atoms with Crippen LogP contribution >= 0.6 is 0 Å². The van der Waals surface area contributed by atoms with Gasteiger partial charge in [0.15, 0.2) is 0 Å². The van der Waals surface area contributed by atoms with Crippen molar-refractivity contribution < 1.29 is 4.74 Å². The van der Waals surface area contributed by atoms with E-state index in [2.05, 4.69) is 43.5 Å². The zero-order valence-corrected chi connectivity index (χ0v) is 13.7. The Bertz CT molecular complexity index is 421. The average molecular weight is 290 g/mol. The lowest BCUT2D eigenvalue weighted by Gasteiger charge is -2.39. The molecule has 118 valence electrons. The van der Waals surface area contributed by atoms with Crippen molar-refractivity contribution in [2.24, 2.45) is 5.84 Å². The molecule has 1 aliphatic carbocycles. The minimum absolute atomic E-state index is 0.0305. The lowest BCUT2D eigenvalue weighted by molar-refractivity contribution is -0.0734. The molecule has 3 nitrogen and oxygen atoms in total. The van der Waals surface area contributed by atoms with Gasteiger partial charge in [-0.3, -0.25) is 11.3 Å². The SMILES string of the molecule is CCOC(CC)(CC)C(NN)c1ccc(C2CCC2)cc1. The number of hydrogen-bond donors (Lipinski definition) is 2. The second-order valence-corrected chi connectivity index (χ2v) is 6.10. The van der Waals surface area contributed by atoms with Crippen molar-refractivity contribution >= 4 is 0 Å². The number of nitrogens with two attached hydrogens (primary N) is 1. The molecule has 0 aliphatic heterocycles. The minimum atomic E-state index is -0.235. The topological polar surface area (TPSA) is 47.3 Å². The van der Waals surface area contributed by atoms with Crippen LogP contribution in [-0.2, 0) is 4.74 Å². The van der Waals surface area contributed by atoms with Gasteiger partial charge in [-0.1, -0.05) is 44.5 Å². The summed E-state index contributed by atoms with van der Waals surface area (Å²) < 4.78 is 6.10. The number of nitrogens with one attached hydrogen (secondary N) is 1. The van der Waals surface area contributed by atoms with Crippen molar-refractivity contribution in [3.05, 3.63) is 35.4 Å². The Hall–Kier alpha value is -0.900. The normalized spacial score (nSPS) is 17.5. The third kappa shape index (κ3) is 3.31. The van der Waals surface area contributed by atoms with Crippen LogP contribution in [0, 0.1) is 0 Å². The van der Waals surface area contributed by atoms with Crippen LogP contribution in [0.5, 0.6) is 0 Å². The van der Waals surface area contributed by atoms with Gasteiger partial charge in [0, 0.05) is 6.61 Å². The van der Waals surface area contributed by atoms with E-state index in [-0.39, 0.29) is 11.6 Å². The van der Waals surface area contributed by atoms with Gasteiger partial charge < -0.3 is 4.74 Å². The first-order valence-corrected chi connectivity index (χ1v) is 8.40. The molecule has 1 aromatic rings. The predicted molar refractivity (Wildman–Crippen MR) is 88.0 cm³/mol. The first-order chi connectivity index (χ1) is 10.2. The molecule has 0 aromatic heterocycles.